The molecule has 0 saturated heterocycles. The standard InChI is InChI=1S/C5H5.C2H6N.2ClH.Ti/c1-2-4-5-3-1;1-3-2;;;/h1-3H,4H2;1-2H3;2*1H;/q2*-1;;;+4/p-2. The van der Waals surface area contributed by atoms with E-state index in [1.165, 1.54) is 0 Å². The molecule has 0 saturated carbocycles. The van der Waals surface area contributed by atoms with Crippen LogP contribution in [0.1, 0.15) is 6.42 Å². The number of rotatable bonds is 0. The monoisotopic (exact) mass is 227 g/mol. The van der Waals surface area contributed by atoms with Crippen LogP contribution in [0, 0.1) is 6.08 Å². The zero-order valence-electron chi connectivity index (χ0n) is 6.64. The van der Waals surface area contributed by atoms with E-state index < -0.39 is 0 Å². The van der Waals surface area contributed by atoms with E-state index in [0.29, 0.717) is 0 Å². The molecule has 62 valence electrons. The molecule has 0 radical (unpaired) electrons. The van der Waals surface area contributed by atoms with E-state index in [9.17, 15) is 0 Å². The van der Waals surface area contributed by atoms with Crippen LogP contribution in [0.5, 0.6) is 0 Å². The average molecular weight is 228 g/mol. The van der Waals surface area contributed by atoms with Gasteiger partial charge in [-0.2, -0.15) is 20.2 Å². The topological polar surface area (TPSA) is 14.1 Å². The Morgan fingerprint density at radius 2 is 1.73 bits per heavy atom. The quantitative estimate of drug-likeness (QED) is 0.296. The Labute approximate surface area is 96.4 Å². The summed E-state index contributed by atoms with van der Waals surface area (Å²) in [6, 6.07) is 0. The normalized spacial score (nSPS) is 9.64. The summed E-state index contributed by atoms with van der Waals surface area (Å²) in [5, 5.41) is 3.50. The fraction of sp³-hybridized carbons (Fsp3) is 0.429. The van der Waals surface area contributed by atoms with Gasteiger partial charge in [0.1, 0.15) is 0 Å². The van der Waals surface area contributed by atoms with Gasteiger partial charge < -0.3 is 30.1 Å². The molecule has 0 bridgehead atoms. The largest absolute Gasteiger partial charge is 4.00 e. The van der Waals surface area contributed by atoms with Crippen LogP contribution in [0.25, 0.3) is 5.32 Å². The molecule has 0 fully saturated rings. The van der Waals surface area contributed by atoms with Gasteiger partial charge in [0.05, 0.1) is 0 Å². The summed E-state index contributed by atoms with van der Waals surface area (Å²) in [5.74, 6) is 0. The van der Waals surface area contributed by atoms with Crippen LogP contribution in [0.2, 0.25) is 0 Å². The smallest absolute Gasteiger partial charge is 1.00 e. The number of hydrogen-bond acceptors (Lipinski definition) is 0. The number of hydrogen-bond donors (Lipinski definition) is 0. The third-order valence-electron chi connectivity index (χ3n) is 0.586. The average Bonchev–Trinajstić information content (AvgIpc) is 2.17. The minimum atomic E-state index is 0. The maximum atomic E-state index is 3.50. The van der Waals surface area contributed by atoms with Crippen molar-refractivity contribution in [2.75, 3.05) is 14.1 Å². The molecule has 0 aromatic rings. The van der Waals surface area contributed by atoms with Crippen molar-refractivity contribution in [1.29, 1.82) is 0 Å². The summed E-state index contributed by atoms with van der Waals surface area (Å²) in [7, 11) is 3.50. The number of halogens is 2. The minimum absolute atomic E-state index is 0. The van der Waals surface area contributed by atoms with Gasteiger partial charge in [0, 0.05) is 0 Å². The Morgan fingerprint density at radius 3 is 1.82 bits per heavy atom. The summed E-state index contributed by atoms with van der Waals surface area (Å²) in [4.78, 5) is 0. The van der Waals surface area contributed by atoms with E-state index in [1.54, 1.807) is 14.1 Å². The van der Waals surface area contributed by atoms with Gasteiger partial charge >= 0.3 is 21.7 Å². The second-order valence-corrected chi connectivity index (χ2v) is 1.45. The Balaban J connectivity index is -0.0000000379. The van der Waals surface area contributed by atoms with Gasteiger partial charge in [-0.25, -0.2) is 12.2 Å². The molecule has 11 heavy (non-hydrogen) atoms. The third-order valence-corrected chi connectivity index (χ3v) is 0.586. The van der Waals surface area contributed by atoms with Crippen molar-refractivity contribution in [3.05, 3.63) is 29.6 Å². The Bertz CT molecular complexity index is 84.4. The number of nitrogens with zero attached hydrogens (tertiary/aromatic N) is 1. The van der Waals surface area contributed by atoms with Crippen LogP contribution >= 0.6 is 0 Å². The summed E-state index contributed by atoms with van der Waals surface area (Å²) < 4.78 is 0. The molecule has 0 unspecified atom stereocenters. The molecular formula is C7H11Cl2NTi. The van der Waals surface area contributed by atoms with Crippen molar-refractivity contribution in [2.45, 2.75) is 6.42 Å². The molecule has 0 heterocycles. The minimum Gasteiger partial charge on any atom is -1.00 e. The molecule has 0 amide bonds. The van der Waals surface area contributed by atoms with E-state index in [4.69, 9.17) is 0 Å². The van der Waals surface area contributed by atoms with E-state index >= 15 is 0 Å². The summed E-state index contributed by atoms with van der Waals surface area (Å²) >= 11 is 0. The van der Waals surface area contributed by atoms with E-state index in [-0.39, 0.29) is 46.5 Å². The van der Waals surface area contributed by atoms with Crippen molar-refractivity contribution < 1.29 is 46.5 Å². The van der Waals surface area contributed by atoms with Crippen LogP contribution in [0.3, 0.4) is 0 Å². The second-order valence-electron chi connectivity index (χ2n) is 1.45. The SMILES string of the molecule is C[N-]C.[C-]1=CC=CC1.[Cl-].[Cl-].[Ti+4]. The second kappa shape index (κ2) is 22.4. The van der Waals surface area contributed by atoms with Gasteiger partial charge in [-0.05, 0) is 0 Å². The first-order valence-corrected chi connectivity index (χ1v) is 2.61. The third kappa shape index (κ3) is 24.9. The molecule has 0 atom stereocenters. The van der Waals surface area contributed by atoms with Crippen LogP contribution in [0.15, 0.2) is 18.2 Å². The van der Waals surface area contributed by atoms with Crippen molar-refractivity contribution in [2.24, 2.45) is 0 Å². The molecule has 0 aromatic heterocycles. The summed E-state index contributed by atoms with van der Waals surface area (Å²) in [6.07, 6.45) is 10.0. The van der Waals surface area contributed by atoms with Crippen LogP contribution in [-0.4, -0.2) is 14.1 Å². The molecule has 0 N–H and O–H groups in total. The van der Waals surface area contributed by atoms with Crippen molar-refractivity contribution >= 4 is 0 Å². The summed E-state index contributed by atoms with van der Waals surface area (Å²) in [6.45, 7) is 0. The van der Waals surface area contributed by atoms with Gasteiger partial charge in [0.25, 0.3) is 0 Å². The molecule has 1 nitrogen and oxygen atoms in total. The molecule has 1 aliphatic carbocycles. The maximum Gasteiger partial charge on any atom is 4.00 e. The van der Waals surface area contributed by atoms with Crippen molar-refractivity contribution in [3.63, 3.8) is 0 Å². The first-order chi connectivity index (χ1) is 3.91. The van der Waals surface area contributed by atoms with E-state index in [0.717, 1.165) is 6.42 Å². The zero-order valence-corrected chi connectivity index (χ0v) is 9.72. The van der Waals surface area contributed by atoms with E-state index in [2.05, 4.69) is 17.5 Å². The zero-order chi connectivity index (χ0) is 6.24. The van der Waals surface area contributed by atoms with Crippen LogP contribution in [0.4, 0.5) is 0 Å². The van der Waals surface area contributed by atoms with Crippen LogP contribution in [-0.2, 0) is 21.7 Å². The fourth-order valence-corrected chi connectivity index (χ4v) is 0.340. The fourth-order valence-electron chi connectivity index (χ4n) is 0.340. The molecule has 1 rings (SSSR count). The predicted octanol–water partition coefficient (Wildman–Crippen LogP) is -4.07. The number of allylic oxidation sites excluding steroid dienone is 4. The van der Waals surface area contributed by atoms with Gasteiger partial charge in [-0.15, -0.1) is 6.42 Å². The van der Waals surface area contributed by atoms with Crippen molar-refractivity contribution in [1.82, 2.24) is 0 Å². The predicted molar refractivity (Wildman–Crippen MR) is 36.8 cm³/mol. The molecular weight excluding hydrogens is 217 g/mol. The molecule has 0 aromatic carbocycles. The maximum absolute atomic E-state index is 3.50. The van der Waals surface area contributed by atoms with E-state index in [1.807, 2.05) is 12.2 Å². The van der Waals surface area contributed by atoms with Crippen molar-refractivity contribution in [3.8, 4) is 0 Å². The van der Waals surface area contributed by atoms with Gasteiger partial charge in [-0.3, -0.25) is 6.08 Å². The van der Waals surface area contributed by atoms with Gasteiger partial charge in [0.2, 0.25) is 0 Å². The Morgan fingerprint density at radius 1 is 1.27 bits per heavy atom. The Hall–Kier alpha value is 0.734. The molecule has 1 aliphatic rings. The Kier molecular flexibility index (Phi) is 46.1. The van der Waals surface area contributed by atoms with Crippen LogP contribution < -0.4 is 24.8 Å². The first-order valence-electron chi connectivity index (χ1n) is 2.61. The summed E-state index contributed by atoms with van der Waals surface area (Å²) in [5.41, 5.74) is 0. The molecule has 0 aliphatic heterocycles. The van der Waals surface area contributed by atoms with Gasteiger partial charge in [0.15, 0.2) is 0 Å². The molecule has 0 spiro atoms. The van der Waals surface area contributed by atoms with Gasteiger partial charge in [-0.1, -0.05) is 0 Å². The molecule has 4 heteroatoms. The first kappa shape index (κ1) is 22.6.